The number of H-pyrrole nitrogens is 1. The molecule has 2 aromatic carbocycles. The number of imidazole rings is 1. The maximum atomic E-state index is 13.6. The summed E-state index contributed by atoms with van der Waals surface area (Å²) in [5.74, 6) is 0.0126. The molecule has 20 heavy (non-hydrogen) atoms. The molecule has 0 aliphatic heterocycles. The molecule has 0 spiro atoms. The minimum atomic E-state index is -0.664. The predicted molar refractivity (Wildman–Crippen MR) is 71.8 cm³/mol. The second-order valence-corrected chi connectivity index (χ2v) is 4.46. The summed E-state index contributed by atoms with van der Waals surface area (Å²) < 4.78 is 32.0. The molecule has 0 unspecified atom stereocenters. The van der Waals surface area contributed by atoms with Crippen LogP contribution in [0.1, 0.15) is 11.4 Å². The van der Waals surface area contributed by atoms with Gasteiger partial charge in [0.2, 0.25) is 0 Å². The Bertz CT molecular complexity index is 768. The van der Waals surface area contributed by atoms with Crippen molar-refractivity contribution in [3.8, 4) is 5.75 Å². The third kappa shape index (κ3) is 2.22. The zero-order chi connectivity index (χ0) is 14.1. The number of hydrogen-bond acceptors (Lipinski definition) is 2. The van der Waals surface area contributed by atoms with Gasteiger partial charge in [0, 0.05) is 18.1 Å². The van der Waals surface area contributed by atoms with Crippen LogP contribution in [-0.4, -0.2) is 17.1 Å². The molecular formula is C15H12F2N2O. The molecule has 0 saturated carbocycles. The van der Waals surface area contributed by atoms with Crippen LogP contribution < -0.4 is 4.74 Å². The monoisotopic (exact) mass is 274 g/mol. The maximum Gasteiger partial charge on any atom is 0.153 e. The number of nitrogens with one attached hydrogen (secondary N) is 1. The Kier molecular flexibility index (Phi) is 3.10. The number of fused-ring (bicyclic) bond motifs is 1. The summed E-state index contributed by atoms with van der Waals surface area (Å²) in [4.78, 5) is 7.10. The van der Waals surface area contributed by atoms with Crippen LogP contribution in [-0.2, 0) is 6.42 Å². The standard InChI is InChI=1S/C15H12F2N2O/c1-20-13-5-3-2-4-9(13)6-14-18-12-8-10(16)7-11(17)15(12)19-14/h2-5,7-8H,6H2,1H3,(H,18,19). The van der Waals surface area contributed by atoms with Crippen molar-refractivity contribution in [2.24, 2.45) is 0 Å². The molecule has 0 aliphatic carbocycles. The first-order chi connectivity index (χ1) is 9.67. The fraction of sp³-hybridized carbons (Fsp3) is 0.133. The van der Waals surface area contributed by atoms with Crippen molar-refractivity contribution in [1.82, 2.24) is 9.97 Å². The molecular weight excluding hydrogens is 262 g/mol. The lowest BCUT2D eigenvalue weighted by atomic mass is 10.1. The second kappa shape index (κ2) is 4.92. The van der Waals surface area contributed by atoms with E-state index in [1.165, 1.54) is 6.07 Å². The SMILES string of the molecule is COc1ccccc1Cc1nc2c(F)cc(F)cc2[nH]1. The Morgan fingerprint density at radius 2 is 2.00 bits per heavy atom. The van der Waals surface area contributed by atoms with Crippen molar-refractivity contribution in [3.63, 3.8) is 0 Å². The van der Waals surface area contributed by atoms with Crippen LogP contribution in [0.3, 0.4) is 0 Å². The van der Waals surface area contributed by atoms with Crippen LogP contribution in [0.15, 0.2) is 36.4 Å². The van der Waals surface area contributed by atoms with Gasteiger partial charge in [0.15, 0.2) is 5.82 Å². The Morgan fingerprint density at radius 3 is 2.80 bits per heavy atom. The summed E-state index contributed by atoms with van der Waals surface area (Å²) in [6.07, 6.45) is 0.458. The van der Waals surface area contributed by atoms with E-state index >= 15 is 0 Å². The van der Waals surface area contributed by atoms with E-state index < -0.39 is 11.6 Å². The van der Waals surface area contributed by atoms with Gasteiger partial charge in [0.25, 0.3) is 0 Å². The topological polar surface area (TPSA) is 37.9 Å². The number of hydrogen-bond donors (Lipinski definition) is 1. The number of halogens is 2. The number of benzene rings is 2. The lowest BCUT2D eigenvalue weighted by molar-refractivity contribution is 0.410. The summed E-state index contributed by atoms with van der Waals surface area (Å²) in [5, 5.41) is 0. The molecule has 3 aromatic rings. The Balaban J connectivity index is 2.01. The van der Waals surface area contributed by atoms with Gasteiger partial charge < -0.3 is 9.72 Å². The molecule has 0 bridgehead atoms. The lowest BCUT2D eigenvalue weighted by Gasteiger charge is -2.05. The van der Waals surface area contributed by atoms with Gasteiger partial charge >= 0.3 is 0 Å². The Morgan fingerprint density at radius 1 is 1.20 bits per heavy atom. The summed E-state index contributed by atoms with van der Waals surface area (Å²) in [6.45, 7) is 0. The first-order valence-corrected chi connectivity index (χ1v) is 6.13. The highest BCUT2D eigenvalue weighted by atomic mass is 19.1. The van der Waals surface area contributed by atoms with Gasteiger partial charge in [0.1, 0.15) is 22.9 Å². The number of aromatic amines is 1. The van der Waals surface area contributed by atoms with E-state index in [0.717, 1.165) is 17.4 Å². The number of methoxy groups -OCH3 is 1. The summed E-state index contributed by atoms with van der Waals surface area (Å²) in [7, 11) is 1.59. The van der Waals surface area contributed by atoms with Crippen LogP contribution in [0.5, 0.6) is 5.75 Å². The molecule has 5 heteroatoms. The average molecular weight is 274 g/mol. The molecule has 1 aromatic heterocycles. The van der Waals surface area contributed by atoms with E-state index in [1.54, 1.807) is 7.11 Å². The largest absolute Gasteiger partial charge is 0.496 e. The van der Waals surface area contributed by atoms with Gasteiger partial charge in [-0.2, -0.15) is 0 Å². The summed E-state index contributed by atoms with van der Waals surface area (Å²) >= 11 is 0. The van der Waals surface area contributed by atoms with Crippen molar-refractivity contribution in [1.29, 1.82) is 0 Å². The van der Waals surface area contributed by atoms with Crippen LogP contribution in [0, 0.1) is 11.6 Å². The molecule has 1 heterocycles. The highest BCUT2D eigenvalue weighted by molar-refractivity contribution is 5.75. The fourth-order valence-corrected chi connectivity index (χ4v) is 2.21. The van der Waals surface area contributed by atoms with Crippen molar-refractivity contribution in [2.45, 2.75) is 6.42 Å². The number of rotatable bonds is 3. The molecule has 0 saturated heterocycles. The van der Waals surface area contributed by atoms with E-state index in [1.807, 2.05) is 24.3 Å². The van der Waals surface area contributed by atoms with Gasteiger partial charge in [0.05, 0.1) is 12.6 Å². The second-order valence-electron chi connectivity index (χ2n) is 4.46. The normalized spacial score (nSPS) is 10.9. The highest BCUT2D eigenvalue weighted by Gasteiger charge is 2.11. The Hall–Kier alpha value is -2.43. The molecule has 0 amide bonds. The van der Waals surface area contributed by atoms with Gasteiger partial charge in [-0.3, -0.25) is 0 Å². The van der Waals surface area contributed by atoms with E-state index in [4.69, 9.17) is 4.74 Å². The van der Waals surface area contributed by atoms with Gasteiger partial charge in [-0.05, 0) is 12.1 Å². The molecule has 102 valence electrons. The van der Waals surface area contributed by atoms with Crippen LogP contribution in [0.25, 0.3) is 11.0 Å². The smallest absolute Gasteiger partial charge is 0.153 e. The summed E-state index contributed by atoms with van der Waals surface area (Å²) in [6, 6.07) is 9.57. The molecule has 0 fully saturated rings. The quantitative estimate of drug-likeness (QED) is 0.794. The molecule has 3 rings (SSSR count). The van der Waals surface area contributed by atoms with E-state index in [0.29, 0.717) is 17.8 Å². The van der Waals surface area contributed by atoms with Crippen LogP contribution in [0.2, 0.25) is 0 Å². The molecule has 3 nitrogen and oxygen atoms in total. The van der Waals surface area contributed by atoms with Crippen molar-refractivity contribution < 1.29 is 13.5 Å². The molecule has 0 atom stereocenters. The van der Waals surface area contributed by atoms with E-state index in [9.17, 15) is 8.78 Å². The fourth-order valence-electron chi connectivity index (χ4n) is 2.21. The number of nitrogens with zero attached hydrogens (tertiary/aromatic N) is 1. The summed E-state index contributed by atoms with van der Waals surface area (Å²) in [5.41, 5.74) is 1.43. The zero-order valence-electron chi connectivity index (χ0n) is 10.8. The first-order valence-electron chi connectivity index (χ1n) is 6.13. The van der Waals surface area contributed by atoms with Crippen molar-refractivity contribution >= 4 is 11.0 Å². The third-order valence-corrected chi connectivity index (χ3v) is 3.10. The minimum absolute atomic E-state index is 0.149. The van der Waals surface area contributed by atoms with E-state index in [-0.39, 0.29) is 5.52 Å². The maximum absolute atomic E-state index is 13.6. The van der Waals surface area contributed by atoms with Crippen LogP contribution in [0.4, 0.5) is 8.78 Å². The van der Waals surface area contributed by atoms with Gasteiger partial charge in [-0.15, -0.1) is 0 Å². The Labute approximate surface area is 114 Å². The number of aromatic nitrogens is 2. The highest BCUT2D eigenvalue weighted by Crippen LogP contribution is 2.22. The molecule has 1 N–H and O–H groups in total. The first kappa shape index (κ1) is 12.6. The van der Waals surface area contributed by atoms with Gasteiger partial charge in [-0.25, -0.2) is 13.8 Å². The van der Waals surface area contributed by atoms with Crippen LogP contribution >= 0.6 is 0 Å². The molecule has 0 aliphatic rings. The minimum Gasteiger partial charge on any atom is -0.496 e. The lowest BCUT2D eigenvalue weighted by Crippen LogP contribution is -1.94. The zero-order valence-corrected chi connectivity index (χ0v) is 10.8. The van der Waals surface area contributed by atoms with Crippen molar-refractivity contribution in [2.75, 3.05) is 7.11 Å². The van der Waals surface area contributed by atoms with E-state index in [2.05, 4.69) is 9.97 Å². The van der Waals surface area contributed by atoms with Crippen molar-refractivity contribution in [3.05, 3.63) is 59.4 Å². The number of ether oxygens (including phenoxy) is 1. The molecule has 0 radical (unpaired) electrons. The predicted octanol–water partition coefficient (Wildman–Crippen LogP) is 3.44. The third-order valence-electron chi connectivity index (χ3n) is 3.10. The number of para-hydroxylation sites is 1. The van der Waals surface area contributed by atoms with Gasteiger partial charge in [-0.1, -0.05) is 18.2 Å². The average Bonchev–Trinajstić information content (AvgIpc) is 2.82.